The second kappa shape index (κ2) is 14.9. The summed E-state index contributed by atoms with van der Waals surface area (Å²) >= 11 is 0. The number of hydrogen-bond donors (Lipinski definition) is 2. The number of nitro benzene ring substituents is 1. The number of esters is 2. The second-order valence-electron chi connectivity index (χ2n) is 10.2. The van der Waals surface area contributed by atoms with Crippen molar-refractivity contribution in [2.24, 2.45) is 0 Å². The number of hydrogen-bond acceptors (Lipinski definition) is 10. The lowest BCUT2D eigenvalue weighted by atomic mass is 9.79. The number of aromatic nitrogens is 2. The highest BCUT2D eigenvalue weighted by Gasteiger charge is 2.40. The maximum Gasteiger partial charge on any atom is 0.336 e. The zero-order valence-corrected chi connectivity index (χ0v) is 25.2. The van der Waals surface area contributed by atoms with Crippen LogP contribution in [0.4, 0.5) is 5.69 Å². The van der Waals surface area contributed by atoms with Crippen LogP contribution < -0.4 is 14.8 Å². The molecule has 232 valence electrons. The normalized spacial score (nSPS) is 14.6. The van der Waals surface area contributed by atoms with Crippen molar-refractivity contribution in [2.45, 2.75) is 45.4 Å². The van der Waals surface area contributed by atoms with Crippen LogP contribution in [0.25, 0.3) is 11.3 Å². The monoisotopic (exact) mass is 604 g/mol. The first kappa shape index (κ1) is 31.8. The smallest absolute Gasteiger partial charge is 0.336 e. The first-order chi connectivity index (χ1) is 21.2. The van der Waals surface area contributed by atoms with E-state index in [9.17, 15) is 19.7 Å². The number of ether oxygens (including phenoxy) is 4. The molecule has 1 aromatic heterocycles. The van der Waals surface area contributed by atoms with E-state index in [1.165, 1.54) is 25.3 Å². The van der Waals surface area contributed by atoms with Gasteiger partial charge in [0.1, 0.15) is 5.75 Å². The van der Waals surface area contributed by atoms with Gasteiger partial charge in [0.2, 0.25) is 5.88 Å². The van der Waals surface area contributed by atoms with Crippen LogP contribution in [0.3, 0.4) is 0 Å². The van der Waals surface area contributed by atoms with Gasteiger partial charge in [-0.15, -0.1) is 5.10 Å². The molecule has 0 saturated carbocycles. The van der Waals surface area contributed by atoms with Crippen molar-refractivity contribution >= 4 is 17.6 Å². The molecule has 0 bridgehead atoms. The molecule has 2 N–H and O–H groups in total. The van der Waals surface area contributed by atoms with Crippen molar-refractivity contribution in [1.82, 2.24) is 15.5 Å². The summed E-state index contributed by atoms with van der Waals surface area (Å²) in [5.74, 6) is -1.08. The van der Waals surface area contributed by atoms with Crippen LogP contribution in [0.15, 0.2) is 77.1 Å². The number of allylic oxidation sites excluding steroid dienone is 2. The number of dihydropyridines is 1. The van der Waals surface area contributed by atoms with Crippen LogP contribution >= 0.6 is 0 Å². The van der Waals surface area contributed by atoms with Crippen molar-refractivity contribution in [3.63, 3.8) is 0 Å². The molecule has 2 heterocycles. The largest absolute Gasteiger partial charge is 0.497 e. The second-order valence-corrected chi connectivity index (χ2v) is 10.2. The number of H-pyrrole nitrogens is 1. The number of aromatic amines is 1. The van der Waals surface area contributed by atoms with Crippen molar-refractivity contribution in [1.29, 1.82) is 0 Å². The summed E-state index contributed by atoms with van der Waals surface area (Å²) in [5, 5.41) is 22.1. The van der Waals surface area contributed by atoms with Crippen LogP contribution in [0.1, 0.15) is 51.0 Å². The fraction of sp³-hybridized carbons (Fsp3) is 0.344. The lowest BCUT2D eigenvalue weighted by Gasteiger charge is -2.30. The Labute approximate surface area is 255 Å². The summed E-state index contributed by atoms with van der Waals surface area (Å²) in [6.07, 6.45) is 3.05. The van der Waals surface area contributed by atoms with Gasteiger partial charge in [0.15, 0.2) is 0 Å². The molecule has 3 aromatic rings. The van der Waals surface area contributed by atoms with Crippen LogP contribution in [0.5, 0.6) is 11.6 Å². The number of carbonyl (C=O) groups is 2. The first-order valence-corrected chi connectivity index (χ1v) is 14.2. The molecule has 2 aromatic carbocycles. The molecule has 1 aliphatic rings. The molecule has 0 fully saturated rings. The first-order valence-electron chi connectivity index (χ1n) is 14.2. The average molecular weight is 605 g/mol. The van der Waals surface area contributed by atoms with E-state index in [2.05, 4.69) is 15.5 Å². The predicted octanol–water partition coefficient (Wildman–Crippen LogP) is 5.58. The Morgan fingerprint density at radius 1 is 0.909 bits per heavy atom. The fourth-order valence-electron chi connectivity index (χ4n) is 5.13. The van der Waals surface area contributed by atoms with E-state index in [1.807, 2.05) is 30.3 Å². The minimum absolute atomic E-state index is 0.118. The maximum atomic E-state index is 13.4. The summed E-state index contributed by atoms with van der Waals surface area (Å²) in [7, 11) is 2.85. The Kier molecular flexibility index (Phi) is 10.7. The van der Waals surface area contributed by atoms with E-state index >= 15 is 0 Å². The molecule has 0 saturated heterocycles. The molecule has 1 atom stereocenters. The Morgan fingerprint density at radius 2 is 1.57 bits per heavy atom. The van der Waals surface area contributed by atoms with Gasteiger partial charge in [-0.3, -0.25) is 15.2 Å². The molecule has 0 radical (unpaired) electrons. The molecule has 0 spiro atoms. The topological polar surface area (TPSA) is 155 Å². The van der Waals surface area contributed by atoms with Crippen LogP contribution in [-0.2, 0) is 19.1 Å². The zero-order valence-electron chi connectivity index (χ0n) is 25.2. The van der Waals surface area contributed by atoms with E-state index in [0.29, 0.717) is 30.3 Å². The lowest BCUT2D eigenvalue weighted by molar-refractivity contribution is -0.385. The van der Waals surface area contributed by atoms with Crippen LogP contribution in [-0.4, -0.2) is 54.5 Å². The Bertz CT molecular complexity index is 1560. The maximum absolute atomic E-state index is 13.4. The molecule has 12 heteroatoms. The number of methoxy groups -OCH3 is 2. The summed E-state index contributed by atoms with van der Waals surface area (Å²) in [6.45, 7) is 3.98. The average Bonchev–Trinajstić information content (AvgIpc) is 3.50. The fourth-order valence-corrected chi connectivity index (χ4v) is 5.13. The van der Waals surface area contributed by atoms with Crippen molar-refractivity contribution in [2.75, 3.05) is 27.4 Å². The third-order valence-corrected chi connectivity index (χ3v) is 7.31. The molecule has 0 aliphatic carbocycles. The van der Waals surface area contributed by atoms with Gasteiger partial charge in [-0.1, -0.05) is 18.2 Å². The number of carbonyl (C=O) groups excluding carboxylic acids is 2. The molecular formula is C32H36N4O8. The number of nitro groups is 1. The van der Waals surface area contributed by atoms with E-state index in [4.69, 9.17) is 18.9 Å². The standard InChI is InChI=1S/C32H36N4O8/c1-20-28(31(37)42-4)30(24-11-7-8-12-26(24)36(39)40)29(21(2)33-20)32(38)44-18-10-6-5-9-17-43-27-19-25(34-35-27)22-13-15-23(41-3)16-14-22/h7-8,11-16,19,30,33H,5-6,9-10,17-18H2,1-4H3,(H,34,35). The third-order valence-electron chi connectivity index (χ3n) is 7.31. The Morgan fingerprint density at radius 3 is 2.23 bits per heavy atom. The summed E-state index contributed by atoms with van der Waals surface area (Å²) in [5.41, 5.74) is 2.96. The zero-order chi connectivity index (χ0) is 31.6. The predicted molar refractivity (Wildman–Crippen MR) is 162 cm³/mol. The number of unbranched alkanes of at least 4 members (excludes halogenated alkanes) is 3. The minimum Gasteiger partial charge on any atom is -0.497 e. The number of benzene rings is 2. The van der Waals surface area contributed by atoms with Gasteiger partial charge in [-0.25, -0.2) is 9.59 Å². The quantitative estimate of drug-likeness (QED) is 0.103. The van der Waals surface area contributed by atoms with E-state index in [-0.39, 0.29) is 29.0 Å². The van der Waals surface area contributed by atoms with E-state index in [1.54, 1.807) is 27.0 Å². The number of rotatable bonds is 14. The number of nitrogens with zero attached hydrogens (tertiary/aromatic N) is 2. The van der Waals surface area contributed by atoms with Crippen molar-refractivity contribution in [3.05, 3.63) is 92.8 Å². The van der Waals surface area contributed by atoms with Gasteiger partial charge < -0.3 is 24.3 Å². The molecule has 1 unspecified atom stereocenters. The van der Waals surface area contributed by atoms with Gasteiger partial charge in [-0.2, -0.15) is 0 Å². The Hall–Kier alpha value is -5.13. The molecule has 4 rings (SSSR count). The van der Waals surface area contributed by atoms with Gasteiger partial charge >= 0.3 is 11.9 Å². The van der Waals surface area contributed by atoms with Crippen molar-refractivity contribution in [3.8, 4) is 22.9 Å². The molecule has 12 nitrogen and oxygen atoms in total. The molecule has 44 heavy (non-hydrogen) atoms. The van der Waals surface area contributed by atoms with Gasteiger partial charge in [-0.05, 0) is 69.4 Å². The highest BCUT2D eigenvalue weighted by atomic mass is 16.6. The summed E-state index contributed by atoms with van der Waals surface area (Å²) < 4.78 is 21.5. The van der Waals surface area contributed by atoms with Gasteiger partial charge in [0.25, 0.3) is 5.69 Å². The van der Waals surface area contributed by atoms with Gasteiger partial charge in [0.05, 0.1) is 55.1 Å². The number of nitrogens with one attached hydrogen (secondary N) is 2. The van der Waals surface area contributed by atoms with E-state index in [0.717, 1.165) is 36.3 Å². The third kappa shape index (κ3) is 7.44. The van der Waals surface area contributed by atoms with Crippen LogP contribution in [0.2, 0.25) is 0 Å². The number of para-hydroxylation sites is 1. The Balaban J connectivity index is 1.29. The molecule has 1 aliphatic heterocycles. The SMILES string of the molecule is COC(=O)C1=C(C)NC(C)=C(C(=O)OCCCCCCOc2cc(-c3ccc(OC)cc3)[nH]n2)C1c1ccccc1[N+](=O)[O-]. The van der Waals surface area contributed by atoms with E-state index < -0.39 is 22.8 Å². The molecule has 0 amide bonds. The van der Waals surface area contributed by atoms with Gasteiger partial charge in [0, 0.05) is 29.1 Å². The highest BCUT2D eigenvalue weighted by molar-refractivity contribution is 6.00. The minimum atomic E-state index is -1.03. The lowest BCUT2D eigenvalue weighted by Crippen LogP contribution is -2.32. The summed E-state index contributed by atoms with van der Waals surface area (Å²) in [4.78, 5) is 37.5. The summed E-state index contributed by atoms with van der Waals surface area (Å²) in [6, 6.07) is 15.5. The molecular weight excluding hydrogens is 568 g/mol. The van der Waals surface area contributed by atoms with Crippen LogP contribution in [0, 0.1) is 10.1 Å². The highest BCUT2D eigenvalue weighted by Crippen LogP contribution is 2.42. The van der Waals surface area contributed by atoms with Crippen molar-refractivity contribution < 1.29 is 33.5 Å².